The second-order valence-corrected chi connectivity index (χ2v) is 10.2. The molecule has 2 amide bonds. The number of carbonyl (C=O) groups is 2. The van der Waals surface area contributed by atoms with Crippen LogP contribution in [0.25, 0.3) is 10.9 Å². The first-order valence-corrected chi connectivity index (χ1v) is 13.2. The maximum absolute atomic E-state index is 13.8. The van der Waals surface area contributed by atoms with Gasteiger partial charge in [-0.3, -0.25) is 9.59 Å². The largest absolute Gasteiger partial charge is 0.497 e. The van der Waals surface area contributed by atoms with Gasteiger partial charge < -0.3 is 19.5 Å². The number of hydrogen-bond acceptors (Lipinski definition) is 3. The van der Waals surface area contributed by atoms with E-state index in [0.29, 0.717) is 30.9 Å². The van der Waals surface area contributed by atoms with Gasteiger partial charge in [0.2, 0.25) is 5.91 Å². The van der Waals surface area contributed by atoms with Gasteiger partial charge >= 0.3 is 0 Å². The van der Waals surface area contributed by atoms with Crippen molar-refractivity contribution in [3.63, 3.8) is 0 Å². The molecule has 3 aromatic carbocycles. The number of H-pyrrole nitrogens is 1. The molecule has 0 saturated carbocycles. The fraction of sp³-hybridized carbons (Fsp3) is 0.312. The van der Waals surface area contributed by atoms with Crippen molar-refractivity contribution in [1.82, 2.24) is 14.8 Å². The number of aromatic amines is 1. The summed E-state index contributed by atoms with van der Waals surface area (Å²) in [7, 11) is 1.60. The third-order valence-electron chi connectivity index (χ3n) is 6.71. The number of nitrogens with one attached hydrogen (secondary N) is 1. The van der Waals surface area contributed by atoms with E-state index in [4.69, 9.17) is 4.74 Å². The van der Waals surface area contributed by atoms with Crippen molar-refractivity contribution >= 4 is 22.7 Å². The van der Waals surface area contributed by atoms with Crippen LogP contribution in [-0.2, 0) is 17.8 Å². The predicted octanol–water partition coefficient (Wildman–Crippen LogP) is 5.85. The summed E-state index contributed by atoms with van der Waals surface area (Å²) in [5.74, 6) is 0.700. The van der Waals surface area contributed by atoms with Crippen molar-refractivity contribution in [2.45, 2.75) is 33.7 Å². The standard InChI is InChI=1S/C32H37N3O3/c1-23(2)20-35(32(37)26-13-15-28(38-4)16-14-26)22-31(36)34(21-25-11-9-24(3)10-12-25)18-17-27-19-33-30-8-6-5-7-29(27)30/h5-16,19,23,33H,17-18,20-22H2,1-4H3. The molecule has 1 aromatic heterocycles. The normalized spacial score (nSPS) is 11.1. The molecular weight excluding hydrogens is 474 g/mol. The summed E-state index contributed by atoms with van der Waals surface area (Å²) >= 11 is 0. The number of para-hydroxylation sites is 1. The zero-order chi connectivity index (χ0) is 27.1. The van der Waals surface area contributed by atoms with E-state index in [-0.39, 0.29) is 24.3 Å². The van der Waals surface area contributed by atoms with Gasteiger partial charge in [0.05, 0.1) is 7.11 Å². The second kappa shape index (κ2) is 12.5. The summed E-state index contributed by atoms with van der Waals surface area (Å²) in [6.07, 6.45) is 2.75. The molecule has 1 N–H and O–H groups in total. The lowest BCUT2D eigenvalue weighted by atomic mass is 10.1. The first-order chi connectivity index (χ1) is 18.3. The van der Waals surface area contributed by atoms with Crippen molar-refractivity contribution in [1.29, 1.82) is 0 Å². The molecule has 6 nitrogen and oxygen atoms in total. The third-order valence-corrected chi connectivity index (χ3v) is 6.71. The van der Waals surface area contributed by atoms with Crippen LogP contribution in [0.5, 0.6) is 5.75 Å². The molecule has 0 bridgehead atoms. The van der Waals surface area contributed by atoms with Gasteiger partial charge in [0, 0.05) is 42.3 Å². The highest BCUT2D eigenvalue weighted by molar-refractivity contribution is 5.96. The lowest BCUT2D eigenvalue weighted by Gasteiger charge is -2.29. The molecular formula is C32H37N3O3. The van der Waals surface area contributed by atoms with Crippen LogP contribution in [0.3, 0.4) is 0 Å². The summed E-state index contributed by atoms with van der Waals surface area (Å²) in [6.45, 7) is 7.74. The number of carbonyl (C=O) groups excluding carboxylic acids is 2. The minimum atomic E-state index is -0.151. The molecule has 198 valence electrons. The lowest BCUT2D eigenvalue weighted by molar-refractivity contribution is -0.132. The molecule has 0 spiro atoms. The van der Waals surface area contributed by atoms with Crippen molar-refractivity contribution in [2.75, 3.05) is 26.7 Å². The number of fused-ring (bicyclic) bond motifs is 1. The van der Waals surface area contributed by atoms with Crippen molar-refractivity contribution < 1.29 is 14.3 Å². The SMILES string of the molecule is COc1ccc(C(=O)N(CC(=O)N(CCc2c[nH]c3ccccc23)Cc2ccc(C)cc2)CC(C)C)cc1. The summed E-state index contributed by atoms with van der Waals surface area (Å²) < 4.78 is 5.23. The van der Waals surface area contributed by atoms with Gasteiger partial charge in [-0.15, -0.1) is 0 Å². The molecule has 4 aromatic rings. The average Bonchev–Trinajstić information content (AvgIpc) is 3.34. The monoisotopic (exact) mass is 511 g/mol. The number of benzene rings is 3. The fourth-order valence-corrected chi connectivity index (χ4v) is 4.64. The van der Waals surface area contributed by atoms with E-state index in [9.17, 15) is 9.59 Å². The second-order valence-electron chi connectivity index (χ2n) is 10.2. The molecule has 0 atom stereocenters. The fourth-order valence-electron chi connectivity index (χ4n) is 4.64. The number of nitrogens with zero attached hydrogens (tertiary/aromatic N) is 2. The van der Waals surface area contributed by atoms with Gasteiger partial charge in [0.15, 0.2) is 0 Å². The predicted molar refractivity (Wildman–Crippen MR) is 152 cm³/mol. The maximum Gasteiger partial charge on any atom is 0.254 e. The van der Waals surface area contributed by atoms with Crippen molar-refractivity contribution in [3.8, 4) is 5.75 Å². The third kappa shape index (κ3) is 6.82. The summed E-state index contributed by atoms with van der Waals surface area (Å²) in [5.41, 5.74) is 5.06. The summed E-state index contributed by atoms with van der Waals surface area (Å²) in [6, 6.07) is 23.5. The molecule has 6 heteroatoms. The van der Waals surface area contributed by atoms with E-state index < -0.39 is 0 Å². The zero-order valence-electron chi connectivity index (χ0n) is 22.7. The van der Waals surface area contributed by atoms with Crippen molar-refractivity contribution in [2.24, 2.45) is 5.92 Å². The van der Waals surface area contributed by atoms with Crippen LogP contribution < -0.4 is 4.74 Å². The van der Waals surface area contributed by atoms with Crippen LogP contribution in [0, 0.1) is 12.8 Å². The molecule has 0 aliphatic heterocycles. The van der Waals surface area contributed by atoms with Gasteiger partial charge in [-0.05, 0) is 60.7 Å². The Hall–Kier alpha value is -4.06. The molecule has 0 radical (unpaired) electrons. The number of ether oxygens (including phenoxy) is 1. The van der Waals surface area contributed by atoms with Crippen LogP contribution in [0.1, 0.15) is 40.9 Å². The highest BCUT2D eigenvalue weighted by Gasteiger charge is 2.24. The van der Waals surface area contributed by atoms with Crippen molar-refractivity contribution in [3.05, 3.63) is 101 Å². The molecule has 0 fully saturated rings. The molecule has 0 aliphatic rings. The van der Waals surface area contributed by atoms with Gasteiger partial charge in [0.25, 0.3) is 5.91 Å². The van der Waals surface area contributed by atoms with Gasteiger partial charge in [-0.1, -0.05) is 61.9 Å². The minimum absolute atomic E-state index is 0.0305. The first-order valence-electron chi connectivity index (χ1n) is 13.2. The average molecular weight is 512 g/mol. The lowest BCUT2D eigenvalue weighted by Crippen LogP contribution is -2.44. The summed E-state index contributed by atoms with van der Waals surface area (Å²) in [5, 5.41) is 1.17. The quantitative estimate of drug-likeness (QED) is 0.275. The molecule has 38 heavy (non-hydrogen) atoms. The van der Waals surface area contributed by atoms with Gasteiger partial charge in [-0.2, -0.15) is 0 Å². The number of aromatic nitrogens is 1. The van der Waals surface area contributed by atoms with E-state index in [1.54, 1.807) is 36.3 Å². The molecule has 4 rings (SSSR count). The Bertz CT molecular complexity index is 1360. The Morgan fingerprint density at radius 3 is 2.32 bits per heavy atom. The Labute approximate surface area is 225 Å². The number of methoxy groups -OCH3 is 1. The van der Waals surface area contributed by atoms with Crippen LogP contribution in [0.2, 0.25) is 0 Å². The van der Waals surface area contributed by atoms with E-state index >= 15 is 0 Å². The van der Waals surface area contributed by atoms with E-state index in [2.05, 4.69) is 62.2 Å². The Morgan fingerprint density at radius 2 is 1.63 bits per heavy atom. The zero-order valence-corrected chi connectivity index (χ0v) is 22.7. The van der Waals surface area contributed by atoms with Gasteiger partial charge in [0.1, 0.15) is 12.3 Å². The number of amides is 2. The van der Waals surface area contributed by atoms with E-state index in [0.717, 1.165) is 17.5 Å². The van der Waals surface area contributed by atoms with Crippen LogP contribution in [-0.4, -0.2) is 53.3 Å². The van der Waals surface area contributed by atoms with E-state index in [1.807, 2.05) is 23.2 Å². The maximum atomic E-state index is 13.8. The number of rotatable bonds is 11. The Morgan fingerprint density at radius 1 is 0.921 bits per heavy atom. The highest BCUT2D eigenvalue weighted by atomic mass is 16.5. The smallest absolute Gasteiger partial charge is 0.254 e. The Kier molecular flexibility index (Phi) is 8.85. The topological polar surface area (TPSA) is 65.6 Å². The van der Waals surface area contributed by atoms with Crippen LogP contribution in [0.15, 0.2) is 79.0 Å². The first kappa shape index (κ1) is 27.0. The summed E-state index contributed by atoms with van der Waals surface area (Å²) in [4.78, 5) is 34.1. The van der Waals surface area contributed by atoms with E-state index in [1.165, 1.54) is 16.5 Å². The van der Waals surface area contributed by atoms with Gasteiger partial charge in [-0.25, -0.2) is 0 Å². The number of hydrogen-bond donors (Lipinski definition) is 1. The minimum Gasteiger partial charge on any atom is -0.497 e. The Balaban J connectivity index is 1.54. The molecule has 0 saturated heterocycles. The van der Waals surface area contributed by atoms with Crippen LogP contribution in [0.4, 0.5) is 0 Å². The molecule has 0 aliphatic carbocycles. The van der Waals surface area contributed by atoms with Crippen LogP contribution >= 0.6 is 0 Å². The highest BCUT2D eigenvalue weighted by Crippen LogP contribution is 2.20. The molecule has 1 heterocycles. The molecule has 0 unspecified atom stereocenters. The number of aryl methyl sites for hydroxylation is 1.